The van der Waals surface area contributed by atoms with E-state index in [2.05, 4.69) is 41.7 Å². The maximum absolute atomic E-state index is 14.7. The number of fused-ring (bicyclic) bond motifs is 1. The number of hydrogen-bond donors (Lipinski definition) is 4. The number of amides is 5. The number of nitrogens with one attached hydrogen (secondary N) is 4. The summed E-state index contributed by atoms with van der Waals surface area (Å²) in [7, 11) is 0.621. The zero-order chi connectivity index (χ0) is 38.8. The van der Waals surface area contributed by atoms with Crippen LogP contribution in [0.15, 0.2) is 12.7 Å². The Balaban J connectivity index is 1.56. The van der Waals surface area contributed by atoms with Gasteiger partial charge in [-0.1, -0.05) is 79.2 Å². The van der Waals surface area contributed by atoms with Gasteiger partial charge >= 0.3 is 6.03 Å². The fourth-order valence-electron chi connectivity index (χ4n) is 8.31. The number of ketones is 1. The van der Waals surface area contributed by atoms with Gasteiger partial charge in [0, 0.05) is 46.8 Å². The first-order valence-corrected chi connectivity index (χ1v) is 20.4. The predicted octanol–water partition coefficient (Wildman–Crippen LogP) is 2.42. The fraction of sp³-hybridized carbons (Fsp3) is 0.811. The predicted molar refractivity (Wildman–Crippen MR) is 199 cm³/mol. The average molecular weight is 750 g/mol. The lowest BCUT2D eigenvalue weighted by Crippen LogP contribution is -2.62. The van der Waals surface area contributed by atoms with E-state index in [4.69, 9.17) is 0 Å². The van der Waals surface area contributed by atoms with Gasteiger partial charge in [0.15, 0.2) is 0 Å². The molecule has 5 amide bonds. The molecule has 0 radical (unpaired) electrons. The summed E-state index contributed by atoms with van der Waals surface area (Å²) in [6.07, 6.45) is 9.07. The monoisotopic (exact) mass is 749 g/mol. The topological polar surface area (TPSA) is 177 Å². The first-order valence-electron chi connectivity index (χ1n) is 19.0. The summed E-state index contributed by atoms with van der Waals surface area (Å²) in [6, 6.07) is -3.95. The average Bonchev–Trinajstić information content (AvgIpc) is 3.36. The third-order valence-corrected chi connectivity index (χ3v) is 14.0. The maximum Gasteiger partial charge on any atom is 0.315 e. The number of likely N-dealkylation sites (N-methyl/N-ethyl adjacent to an activating group) is 1. The van der Waals surface area contributed by atoms with Gasteiger partial charge in [0.1, 0.15) is 12.1 Å². The van der Waals surface area contributed by atoms with Crippen LogP contribution in [0.5, 0.6) is 0 Å². The summed E-state index contributed by atoms with van der Waals surface area (Å²) < 4.78 is 27.9. The van der Waals surface area contributed by atoms with Crippen molar-refractivity contribution in [3.8, 4) is 0 Å². The standard InChI is InChI=1S/C37H63N7O7S/c1-10-19-38-33(47)31(45)26(20-23-15-14-16-23)39-32(46)30-28-25(37(28,5)6)21-44(30)34(48)29(24-17-12-11-13-18-24)41-35(49)40-27(36(2,3)4)22-43(9)52(50,51)42(7)8/h10,23-30H,1,11-22H2,2-9H3,(H,38,47)(H,39,46)(H2,40,41,49)/t25-,26?,27+,28-,29-,30-/m0/s1. The molecule has 52 heavy (non-hydrogen) atoms. The lowest BCUT2D eigenvalue weighted by atomic mass is 9.80. The van der Waals surface area contributed by atoms with Crippen LogP contribution in [0.25, 0.3) is 0 Å². The van der Waals surface area contributed by atoms with Gasteiger partial charge in [-0.15, -0.1) is 6.58 Å². The van der Waals surface area contributed by atoms with Crippen LogP contribution in [0, 0.1) is 34.5 Å². The number of carbonyl (C=O) groups excluding carboxylic acids is 5. The summed E-state index contributed by atoms with van der Waals surface area (Å²) >= 11 is 0. The minimum Gasteiger partial charge on any atom is -0.346 e. The number of nitrogens with zero attached hydrogens (tertiary/aromatic N) is 3. The molecule has 0 aromatic rings. The molecule has 3 saturated carbocycles. The third kappa shape index (κ3) is 9.36. The Morgan fingerprint density at radius 2 is 1.58 bits per heavy atom. The van der Waals surface area contributed by atoms with E-state index in [1.165, 1.54) is 31.5 Å². The molecule has 4 fully saturated rings. The van der Waals surface area contributed by atoms with Crippen molar-refractivity contribution in [1.29, 1.82) is 0 Å². The van der Waals surface area contributed by atoms with Crippen LogP contribution in [0.3, 0.4) is 0 Å². The van der Waals surface area contributed by atoms with E-state index in [9.17, 15) is 32.4 Å². The van der Waals surface area contributed by atoms with E-state index >= 15 is 0 Å². The Hall–Kier alpha value is -3.04. The number of carbonyl (C=O) groups is 5. The van der Waals surface area contributed by atoms with E-state index in [0.717, 1.165) is 55.7 Å². The van der Waals surface area contributed by atoms with E-state index < -0.39 is 63.4 Å². The van der Waals surface area contributed by atoms with Crippen LogP contribution < -0.4 is 21.3 Å². The van der Waals surface area contributed by atoms with Crippen LogP contribution >= 0.6 is 0 Å². The lowest BCUT2D eigenvalue weighted by Gasteiger charge is -2.38. The molecule has 0 aromatic heterocycles. The largest absolute Gasteiger partial charge is 0.346 e. The SMILES string of the molecule is C=CCNC(=O)C(=O)C(CC1CCC1)NC(=O)[C@@H]1[C@@H]2[C@H](CN1C(=O)[C@@H](NC(=O)N[C@H](CN(C)S(=O)(=O)N(C)C)C(C)(C)C)C1CCCCC1)C2(C)C. The minimum absolute atomic E-state index is 0.0125. The molecule has 294 valence electrons. The number of Topliss-reactive ketones (excluding diaryl/α,β-unsaturated/α-hetero) is 1. The van der Waals surface area contributed by atoms with Gasteiger partial charge < -0.3 is 26.2 Å². The Bertz CT molecular complexity index is 1470. The van der Waals surface area contributed by atoms with Crippen LogP contribution in [-0.2, 0) is 29.4 Å². The smallest absolute Gasteiger partial charge is 0.315 e. The summed E-state index contributed by atoms with van der Waals surface area (Å²) in [6.45, 7) is 14.0. The van der Waals surface area contributed by atoms with Crippen molar-refractivity contribution < 1.29 is 32.4 Å². The second-order valence-corrected chi connectivity index (χ2v) is 19.6. The Labute approximate surface area is 310 Å². The molecular weight excluding hydrogens is 687 g/mol. The van der Waals surface area contributed by atoms with Crippen molar-refractivity contribution >= 4 is 39.7 Å². The minimum atomic E-state index is -3.74. The quantitative estimate of drug-likeness (QED) is 0.138. The number of hydrogen-bond acceptors (Lipinski definition) is 7. The highest BCUT2D eigenvalue weighted by atomic mass is 32.2. The molecule has 1 unspecified atom stereocenters. The molecular formula is C37H63N7O7S. The molecule has 1 heterocycles. The molecule has 1 aliphatic heterocycles. The highest BCUT2D eigenvalue weighted by Gasteiger charge is 2.69. The normalized spacial score (nSPS) is 25.0. The van der Waals surface area contributed by atoms with E-state index in [-0.39, 0.29) is 48.1 Å². The zero-order valence-corrected chi connectivity index (χ0v) is 33.3. The summed E-state index contributed by atoms with van der Waals surface area (Å²) in [4.78, 5) is 70.4. The van der Waals surface area contributed by atoms with Crippen LogP contribution in [0.2, 0.25) is 0 Å². The van der Waals surface area contributed by atoms with Gasteiger partial charge in [0.2, 0.25) is 17.6 Å². The third-order valence-electron chi connectivity index (χ3n) is 12.1. The molecule has 3 aliphatic carbocycles. The summed E-state index contributed by atoms with van der Waals surface area (Å²) in [5.41, 5.74) is -0.726. The van der Waals surface area contributed by atoms with Crippen LogP contribution in [-0.4, -0.2) is 116 Å². The van der Waals surface area contributed by atoms with Crippen LogP contribution in [0.1, 0.15) is 92.4 Å². The van der Waals surface area contributed by atoms with Gasteiger partial charge in [0.25, 0.3) is 16.1 Å². The zero-order valence-electron chi connectivity index (χ0n) is 32.5. The highest BCUT2D eigenvalue weighted by Crippen LogP contribution is 2.65. The fourth-order valence-corrected chi connectivity index (χ4v) is 9.20. The second-order valence-electron chi connectivity index (χ2n) is 17.3. The van der Waals surface area contributed by atoms with Crippen molar-refractivity contribution in [2.24, 2.45) is 34.5 Å². The van der Waals surface area contributed by atoms with Crippen LogP contribution in [0.4, 0.5) is 4.79 Å². The summed E-state index contributed by atoms with van der Waals surface area (Å²) in [5, 5.41) is 11.4. The van der Waals surface area contributed by atoms with E-state index in [1.807, 2.05) is 20.8 Å². The number of urea groups is 1. The van der Waals surface area contributed by atoms with Crippen molar-refractivity contribution in [3.63, 3.8) is 0 Å². The van der Waals surface area contributed by atoms with Gasteiger partial charge in [-0.2, -0.15) is 17.0 Å². The molecule has 4 N–H and O–H groups in total. The molecule has 6 atom stereocenters. The van der Waals surface area contributed by atoms with Crippen molar-refractivity contribution in [1.82, 2.24) is 34.8 Å². The maximum atomic E-state index is 14.7. The molecule has 0 bridgehead atoms. The van der Waals surface area contributed by atoms with Gasteiger partial charge in [0.05, 0.1) is 6.04 Å². The lowest BCUT2D eigenvalue weighted by molar-refractivity contribution is -0.145. The number of rotatable bonds is 16. The molecule has 4 rings (SSSR count). The Kier molecular flexibility index (Phi) is 13.3. The molecule has 15 heteroatoms. The first-order chi connectivity index (χ1) is 24.2. The second kappa shape index (κ2) is 16.5. The summed E-state index contributed by atoms with van der Waals surface area (Å²) in [5.74, 6) is -2.26. The number of piperidine rings is 1. The Morgan fingerprint density at radius 1 is 0.942 bits per heavy atom. The van der Waals surface area contributed by atoms with Gasteiger partial charge in [-0.3, -0.25) is 19.2 Å². The molecule has 0 aromatic carbocycles. The highest BCUT2D eigenvalue weighted by molar-refractivity contribution is 7.86. The van der Waals surface area contributed by atoms with E-state index in [1.54, 1.807) is 4.90 Å². The van der Waals surface area contributed by atoms with Crippen molar-refractivity contribution in [2.45, 2.75) is 117 Å². The molecule has 14 nitrogen and oxygen atoms in total. The van der Waals surface area contributed by atoms with Gasteiger partial charge in [-0.25, -0.2) is 4.79 Å². The van der Waals surface area contributed by atoms with Crippen molar-refractivity contribution in [3.05, 3.63) is 12.7 Å². The van der Waals surface area contributed by atoms with Crippen molar-refractivity contribution in [2.75, 3.05) is 40.8 Å². The van der Waals surface area contributed by atoms with Gasteiger partial charge in [-0.05, 0) is 53.8 Å². The number of likely N-dealkylation sites (tertiary alicyclic amines) is 1. The van der Waals surface area contributed by atoms with E-state index in [0.29, 0.717) is 13.0 Å². The Morgan fingerprint density at radius 3 is 2.12 bits per heavy atom. The first kappa shape index (κ1) is 41.7. The molecule has 1 saturated heterocycles. The molecule has 0 spiro atoms. The molecule has 4 aliphatic rings.